The monoisotopic (exact) mass is 273 g/mol. The van der Waals surface area contributed by atoms with E-state index < -0.39 is 6.10 Å². The number of ether oxygens (including phenoxy) is 3. The highest BCUT2D eigenvalue weighted by Crippen LogP contribution is 2.48. The Morgan fingerprint density at radius 2 is 2.11 bits per heavy atom. The van der Waals surface area contributed by atoms with Crippen molar-refractivity contribution in [3.05, 3.63) is 17.2 Å². The first-order chi connectivity index (χ1) is 8.20. The van der Waals surface area contributed by atoms with Crippen molar-refractivity contribution in [2.45, 2.75) is 12.6 Å². The Labute approximate surface area is 112 Å². The van der Waals surface area contributed by atoms with Gasteiger partial charge in [-0.25, -0.2) is 0 Å². The highest BCUT2D eigenvalue weighted by molar-refractivity contribution is 5.85. The Balaban J connectivity index is 0.00000120. The maximum Gasteiger partial charge on any atom is 0.231 e. The second-order valence-corrected chi connectivity index (χ2v) is 4.42. The fourth-order valence-electron chi connectivity index (χ4n) is 2.45. The van der Waals surface area contributed by atoms with Gasteiger partial charge in [-0.3, -0.25) is 4.90 Å². The van der Waals surface area contributed by atoms with Crippen LogP contribution in [-0.2, 0) is 6.54 Å². The van der Waals surface area contributed by atoms with Crippen LogP contribution in [0.3, 0.4) is 0 Å². The number of rotatable bonds is 1. The van der Waals surface area contributed by atoms with E-state index in [0.717, 1.165) is 17.7 Å². The molecule has 2 aliphatic heterocycles. The number of likely N-dealkylation sites (N-methyl/N-ethyl adjacent to an activating group) is 1. The number of benzene rings is 1. The van der Waals surface area contributed by atoms with E-state index >= 15 is 0 Å². The number of β-amino-alcohol motifs (C(OH)–C–C–N with tert-alkyl or cyclic N) is 1. The standard InChI is InChI=1S/C12H15NO4.ClH/c1-13-4-8-7(9(14)5-13)3-10(15-2)12-11(8)16-6-17-12;/h3,9,14H,4-6H2,1-2H3;1H. The lowest BCUT2D eigenvalue weighted by Gasteiger charge is -2.30. The number of nitrogens with zero attached hydrogens (tertiary/aromatic N) is 1. The van der Waals surface area contributed by atoms with Crippen LogP contribution in [-0.4, -0.2) is 37.5 Å². The van der Waals surface area contributed by atoms with Crippen molar-refractivity contribution in [1.82, 2.24) is 4.90 Å². The Morgan fingerprint density at radius 1 is 1.39 bits per heavy atom. The van der Waals surface area contributed by atoms with E-state index in [1.165, 1.54) is 0 Å². The van der Waals surface area contributed by atoms with Crippen LogP contribution >= 0.6 is 12.4 Å². The predicted molar refractivity (Wildman–Crippen MR) is 67.7 cm³/mol. The van der Waals surface area contributed by atoms with Gasteiger partial charge < -0.3 is 19.3 Å². The van der Waals surface area contributed by atoms with Gasteiger partial charge in [0.2, 0.25) is 12.5 Å². The van der Waals surface area contributed by atoms with Gasteiger partial charge in [0.05, 0.1) is 13.2 Å². The molecule has 5 nitrogen and oxygen atoms in total. The van der Waals surface area contributed by atoms with Gasteiger partial charge in [-0.1, -0.05) is 0 Å². The summed E-state index contributed by atoms with van der Waals surface area (Å²) in [5, 5.41) is 10.1. The minimum absolute atomic E-state index is 0. The zero-order valence-electron chi connectivity index (χ0n) is 10.3. The van der Waals surface area contributed by atoms with Crippen LogP contribution in [0.15, 0.2) is 6.07 Å². The van der Waals surface area contributed by atoms with Gasteiger partial charge >= 0.3 is 0 Å². The Hall–Kier alpha value is -1.17. The molecule has 2 aliphatic rings. The lowest BCUT2D eigenvalue weighted by Crippen LogP contribution is -2.30. The Bertz CT molecular complexity index is 466. The van der Waals surface area contributed by atoms with Crippen LogP contribution in [0.4, 0.5) is 0 Å². The van der Waals surface area contributed by atoms with Gasteiger partial charge in [0.15, 0.2) is 11.5 Å². The number of hydrogen-bond donors (Lipinski definition) is 1. The molecule has 0 amide bonds. The van der Waals surface area contributed by atoms with Crippen molar-refractivity contribution in [3.8, 4) is 17.2 Å². The third-order valence-electron chi connectivity index (χ3n) is 3.24. The lowest BCUT2D eigenvalue weighted by atomic mass is 9.96. The average molecular weight is 274 g/mol. The van der Waals surface area contributed by atoms with E-state index in [2.05, 4.69) is 4.90 Å². The summed E-state index contributed by atoms with van der Waals surface area (Å²) < 4.78 is 16.2. The summed E-state index contributed by atoms with van der Waals surface area (Å²) in [7, 11) is 3.56. The first kappa shape index (κ1) is 13.3. The van der Waals surface area contributed by atoms with Crippen LogP contribution in [0, 0.1) is 0 Å². The summed E-state index contributed by atoms with van der Waals surface area (Å²) in [6.07, 6.45) is -0.507. The number of aliphatic hydroxyl groups is 1. The zero-order valence-corrected chi connectivity index (χ0v) is 11.1. The molecule has 0 aliphatic carbocycles. The summed E-state index contributed by atoms with van der Waals surface area (Å²) >= 11 is 0. The molecule has 1 aromatic carbocycles. The number of aliphatic hydroxyl groups excluding tert-OH is 1. The normalized spacial score (nSPS) is 21.2. The molecule has 18 heavy (non-hydrogen) atoms. The summed E-state index contributed by atoms with van der Waals surface area (Å²) in [5.74, 6) is 1.98. The van der Waals surface area contributed by atoms with Gasteiger partial charge in [-0.05, 0) is 18.7 Å². The van der Waals surface area contributed by atoms with E-state index in [1.54, 1.807) is 7.11 Å². The largest absolute Gasteiger partial charge is 0.493 e. The van der Waals surface area contributed by atoms with E-state index in [-0.39, 0.29) is 19.2 Å². The molecule has 0 spiro atoms. The molecule has 0 saturated heterocycles. The van der Waals surface area contributed by atoms with Crippen LogP contribution in [0.5, 0.6) is 17.2 Å². The van der Waals surface area contributed by atoms with Crippen LogP contribution in [0.2, 0.25) is 0 Å². The van der Waals surface area contributed by atoms with Gasteiger partial charge in [-0.15, -0.1) is 12.4 Å². The number of hydrogen-bond acceptors (Lipinski definition) is 5. The molecule has 0 radical (unpaired) electrons. The van der Waals surface area contributed by atoms with Gasteiger partial charge in [0.25, 0.3) is 0 Å². The predicted octanol–water partition coefficient (Wildman–Crippen LogP) is 1.32. The Morgan fingerprint density at radius 3 is 2.83 bits per heavy atom. The lowest BCUT2D eigenvalue weighted by molar-refractivity contribution is 0.105. The first-order valence-corrected chi connectivity index (χ1v) is 5.56. The molecule has 100 valence electrons. The summed E-state index contributed by atoms with van der Waals surface area (Å²) in [5.41, 5.74) is 1.88. The van der Waals surface area contributed by atoms with Crippen molar-refractivity contribution < 1.29 is 19.3 Å². The quantitative estimate of drug-likeness (QED) is 0.836. The molecule has 1 unspecified atom stereocenters. The van der Waals surface area contributed by atoms with Crippen LogP contribution < -0.4 is 14.2 Å². The first-order valence-electron chi connectivity index (χ1n) is 5.56. The molecule has 1 aromatic rings. The summed E-state index contributed by atoms with van der Waals surface area (Å²) in [4.78, 5) is 2.06. The minimum atomic E-state index is -0.507. The molecular weight excluding hydrogens is 258 g/mol. The fraction of sp³-hybridized carbons (Fsp3) is 0.500. The fourth-order valence-corrected chi connectivity index (χ4v) is 2.45. The number of fused-ring (bicyclic) bond motifs is 3. The Kier molecular flexibility index (Phi) is 3.56. The minimum Gasteiger partial charge on any atom is -0.493 e. The van der Waals surface area contributed by atoms with Crippen molar-refractivity contribution >= 4 is 12.4 Å². The summed E-state index contributed by atoms with van der Waals surface area (Å²) in [6, 6.07) is 1.85. The molecule has 0 aromatic heterocycles. The number of halogens is 1. The van der Waals surface area contributed by atoms with Crippen molar-refractivity contribution in [3.63, 3.8) is 0 Å². The van der Waals surface area contributed by atoms with Crippen LogP contribution in [0.25, 0.3) is 0 Å². The molecule has 3 rings (SSSR count). The van der Waals surface area contributed by atoms with Gasteiger partial charge in [0, 0.05) is 18.7 Å². The average Bonchev–Trinajstić information content (AvgIpc) is 2.77. The van der Waals surface area contributed by atoms with E-state index in [4.69, 9.17) is 14.2 Å². The van der Waals surface area contributed by atoms with Crippen LogP contribution in [0.1, 0.15) is 17.2 Å². The second kappa shape index (κ2) is 4.84. The van der Waals surface area contributed by atoms with Crippen molar-refractivity contribution in [2.24, 2.45) is 0 Å². The molecule has 0 bridgehead atoms. The second-order valence-electron chi connectivity index (χ2n) is 4.42. The smallest absolute Gasteiger partial charge is 0.231 e. The van der Waals surface area contributed by atoms with E-state index in [0.29, 0.717) is 23.8 Å². The topological polar surface area (TPSA) is 51.2 Å². The van der Waals surface area contributed by atoms with Gasteiger partial charge in [-0.2, -0.15) is 0 Å². The third kappa shape index (κ3) is 1.88. The molecule has 1 atom stereocenters. The number of methoxy groups -OCH3 is 1. The van der Waals surface area contributed by atoms with Gasteiger partial charge in [0.1, 0.15) is 0 Å². The molecule has 0 saturated carbocycles. The maximum atomic E-state index is 10.1. The molecule has 6 heteroatoms. The molecular formula is C12H16ClNO4. The molecule has 0 fully saturated rings. The van der Waals surface area contributed by atoms with Crippen molar-refractivity contribution in [2.75, 3.05) is 27.5 Å². The highest BCUT2D eigenvalue weighted by atomic mass is 35.5. The highest BCUT2D eigenvalue weighted by Gasteiger charge is 2.31. The van der Waals surface area contributed by atoms with E-state index in [9.17, 15) is 5.11 Å². The third-order valence-corrected chi connectivity index (χ3v) is 3.24. The SMILES string of the molecule is COc1cc2c(c3c1OCO3)CN(C)CC2O.Cl. The van der Waals surface area contributed by atoms with Crippen molar-refractivity contribution in [1.29, 1.82) is 0 Å². The van der Waals surface area contributed by atoms with E-state index in [1.807, 2.05) is 13.1 Å². The zero-order chi connectivity index (χ0) is 12.0. The maximum absolute atomic E-state index is 10.1. The molecule has 2 heterocycles. The summed E-state index contributed by atoms with van der Waals surface area (Å²) in [6.45, 7) is 1.58. The molecule has 1 N–H and O–H groups in total.